The van der Waals surface area contributed by atoms with Crippen LogP contribution in [0, 0.1) is 0 Å². The normalized spacial score (nSPS) is 10.7. The molecular formula is C15H18ClN3O2. The molecule has 1 aromatic heterocycles. The van der Waals surface area contributed by atoms with Gasteiger partial charge in [0, 0.05) is 5.56 Å². The van der Waals surface area contributed by atoms with Crippen LogP contribution in [0.15, 0.2) is 24.3 Å². The maximum atomic E-state index is 5.92. The first-order valence-corrected chi connectivity index (χ1v) is 7.27. The Labute approximate surface area is 129 Å². The van der Waals surface area contributed by atoms with Crippen molar-refractivity contribution in [3.8, 4) is 23.1 Å². The van der Waals surface area contributed by atoms with E-state index in [4.69, 9.17) is 21.1 Å². The third-order valence-electron chi connectivity index (χ3n) is 2.51. The zero-order valence-electron chi connectivity index (χ0n) is 12.3. The molecule has 6 heteroatoms. The molecule has 0 saturated carbocycles. The molecule has 0 aliphatic carbocycles. The summed E-state index contributed by atoms with van der Waals surface area (Å²) in [6.07, 6.45) is 0.946. The predicted octanol–water partition coefficient (Wildman–Crippen LogP) is 3.77. The van der Waals surface area contributed by atoms with Crippen LogP contribution in [0.5, 0.6) is 11.8 Å². The molecular weight excluding hydrogens is 290 g/mol. The highest BCUT2D eigenvalue weighted by atomic mass is 35.5. The summed E-state index contributed by atoms with van der Waals surface area (Å²) < 4.78 is 11.0. The Bertz CT molecular complexity index is 588. The summed E-state index contributed by atoms with van der Waals surface area (Å²) in [6, 6.07) is 7.76. The van der Waals surface area contributed by atoms with Gasteiger partial charge in [0.2, 0.25) is 5.28 Å². The predicted molar refractivity (Wildman–Crippen MR) is 81.8 cm³/mol. The van der Waals surface area contributed by atoms with Gasteiger partial charge < -0.3 is 9.47 Å². The Morgan fingerprint density at radius 3 is 2.43 bits per heavy atom. The largest absolute Gasteiger partial charge is 0.494 e. The van der Waals surface area contributed by atoms with Crippen LogP contribution in [0.2, 0.25) is 5.28 Å². The van der Waals surface area contributed by atoms with Crippen molar-refractivity contribution >= 4 is 11.6 Å². The number of ether oxygens (including phenoxy) is 2. The van der Waals surface area contributed by atoms with Crippen molar-refractivity contribution < 1.29 is 9.47 Å². The second-order valence-electron chi connectivity index (χ2n) is 4.75. The van der Waals surface area contributed by atoms with Crippen molar-refractivity contribution in [3.63, 3.8) is 0 Å². The van der Waals surface area contributed by atoms with E-state index in [2.05, 4.69) is 21.9 Å². The fraction of sp³-hybridized carbons (Fsp3) is 0.400. The van der Waals surface area contributed by atoms with Gasteiger partial charge in [-0.05, 0) is 56.1 Å². The Kier molecular flexibility index (Phi) is 5.33. The SMILES string of the molecule is CCCOc1ccc(-c2nc(Cl)nc(OC(C)C)n2)cc1. The molecule has 0 amide bonds. The van der Waals surface area contributed by atoms with E-state index >= 15 is 0 Å². The van der Waals surface area contributed by atoms with E-state index in [1.54, 1.807) is 0 Å². The monoisotopic (exact) mass is 307 g/mol. The van der Waals surface area contributed by atoms with E-state index in [1.165, 1.54) is 0 Å². The van der Waals surface area contributed by atoms with E-state index in [9.17, 15) is 0 Å². The number of aromatic nitrogens is 3. The lowest BCUT2D eigenvalue weighted by Crippen LogP contribution is -2.09. The van der Waals surface area contributed by atoms with Crippen LogP contribution in [0.4, 0.5) is 0 Å². The van der Waals surface area contributed by atoms with Crippen molar-refractivity contribution in [3.05, 3.63) is 29.5 Å². The average molecular weight is 308 g/mol. The summed E-state index contributed by atoms with van der Waals surface area (Å²) in [6.45, 7) is 6.56. The second-order valence-corrected chi connectivity index (χ2v) is 5.09. The highest BCUT2D eigenvalue weighted by molar-refractivity contribution is 6.28. The van der Waals surface area contributed by atoms with Crippen molar-refractivity contribution in [2.45, 2.75) is 33.3 Å². The summed E-state index contributed by atoms with van der Waals surface area (Å²) in [7, 11) is 0. The van der Waals surface area contributed by atoms with Crippen LogP contribution in [-0.2, 0) is 0 Å². The van der Waals surface area contributed by atoms with E-state index in [-0.39, 0.29) is 17.4 Å². The van der Waals surface area contributed by atoms with Gasteiger partial charge in [-0.15, -0.1) is 0 Å². The molecule has 0 radical (unpaired) electrons. The Morgan fingerprint density at radius 1 is 1.10 bits per heavy atom. The Balaban J connectivity index is 2.22. The number of nitrogens with zero attached hydrogens (tertiary/aromatic N) is 3. The molecule has 0 bridgehead atoms. The van der Waals surface area contributed by atoms with Gasteiger partial charge in [0.1, 0.15) is 5.75 Å². The molecule has 0 atom stereocenters. The van der Waals surface area contributed by atoms with Gasteiger partial charge >= 0.3 is 6.01 Å². The molecule has 0 spiro atoms. The van der Waals surface area contributed by atoms with Crippen LogP contribution in [0.1, 0.15) is 27.2 Å². The van der Waals surface area contributed by atoms with Crippen LogP contribution in [0.3, 0.4) is 0 Å². The smallest absolute Gasteiger partial charge is 0.321 e. The minimum Gasteiger partial charge on any atom is -0.494 e. The molecule has 0 fully saturated rings. The minimum atomic E-state index is -0.0267. The second kappa shape index (κ2) is 7.22. The molecule has 112 valence electrons. The van der Waals surface area contributed by atoms with Gasteiger partial charge in [0.05, 0.1) is 12.7 Å². The number of hydrogen-bond donors (Lipinski definition) is 0. The summed E-state index contributed by atoms with van der Waals surface area (Å²) in [5.74, 6) is 1.30. The van der Waals surface area contributed by atoms with E-state index in [1.807, 2.05) is 38.1 Å². The van der Waals surface area contributed by atoms with Crippen LogP contribution in [0.25, 0.3) is 11.4 Å². The van der Waals surface area contributed by atoms with Crippen LogP contribution in [-0.4, -0.2) is 27.7 Å². The first-order valence-electron chi connectivity index (χ1n) is 6.90. The number of halogens is 1. The third-order valence-corrected chi connectivity index (χ3v) is 2.68. The molecule has 1 aromatic carbocycles. The maximum Gasteiger partial charge on any atom is 0.321 e. The molecule has 0 N–H and O–H groups in total. The lowest BCUT2D eigenvalue weighted by molar-refractivity contribution is 0.222. The van der Waals surface area contributed by atoms with E-state index in [0.717, 1.165) is 17.7 Å². The number of rotatable bonds is 6. The first-order chi connectivity index (χ1) is 10.1. The minimum absolute atomic E-state index is 0.0267. The molecule has 5 nitrogen and oxygen atoms in total. The van der Waals surface area contributed by atoms with Gasteiger partial charge in [0.15, 0.2) is 5.82 Å². The topological polar surface area (TPSA) is 57.1 Å². The van der Waals surface area contributed by atoms with Gasteiger partial charge in [-0.1, -0.05) is 6.92 Å². The van der Waals surface area contributed by atoms with Crippen molar-refractivity contribution in [2.75, 3.05) is 6.61 Å². The average Bonchev–Trinajstić information content (AvgIpc) is 2.44. The fourth-order valence-corrected chi connectivity index (χ4v) is 1.80. The van der Waals surface area contributed by atoms with Crippen molar-refractivity contribution in [1.82, 2.24) is 15.0 Å². The summed E-state index contributed by atoms with van der Waals surface area (Å²) in [4.78, 5) is 12.3. The first kappa shape index (κ1) is 15.5. The fourth-order valence-electron chi connectivity index (χ4n) is 1.64. The molecule has 1 heterocycles. The lowest BCUT2D eigenvalue weighted by atomic mass is 10.2. The Hall–Kier alpha value is -1.88. The molecule has 0 aliphatic rings. The van der Waals surface area contributed by atoms with E-state index in [0.29, 0.717) is 12.4 Å². The van der Waals surface area contributed by atoms with Gasteiger partial charge in [-0.25, -0.2) is 0 Å². The molecule has 0 unspecified atom stereocenters. The summed E-state index contributed by atoms with van der Waals surface area (Å²) in [5.41, 5.74) is 0.830. The van der Waals surface area contributed by atoms with Crippen molar-refractivity contribution in [1.29, 1.82) is 0 Å². The zero-order valence-corrected chi connectivity index (χ0v) is 13.1. The van der Waals surface area contributed by atoms with Gasteiger partial charge in [-0.3, -0.25) is 0 Å². The highest BCUT2D eigenvalue weighted by Gasteiger charge is 2.09. The van der Waals surface area contributed by atoms with Crippen LogP contribution < -0.4 is 9.47 Å². The molecule has 0 aliphatic heterocycles. The van der Waals surface area contributed by atoms with Crippen LogP contribution >= 0.6 is 11.6 Å². The number of benzene rings is 1. The standard InChI is InChI=1S/C15H18ClN3O2/c1-4-9-20-12-7-5-11(6-8-12)13-17-14(16)19-15(18-13)21-10(2)3/h5-8,10H,4,9H2,1-3H3. The quantitative estimate of drug-likeness (QED) is 0.813. The lowest BCUT2D eigenvalue weighted by Gasteiger charge is -2.09. The highest BCUT2D eigenvalue weighted by Crippen LogP contribution is 2.22. The number of hydrogen-bond acceptors (Lipinski definition) is 5. The van der Waals surface area contributed by atoms with Gasteiger partial charge in [0.25, 0.3) is 0 Å². The molecule has 0 saturated heterocycles. The van der Waals surface area contributed by atoms with Crippen molar-refractivity contribution in [2.24, 2.45) is 0 Å². The summed E-state index contributed by atoms with van der Waals surface area (Å²) in [5, 5.41) is 0.113. The maximum absolute atomic E-state index is 5.92. The third kappa shape index (κ3) is 4.56. The Morgan fingerprint density at radius 2 is 1.81 bits per heavy atom. The van der Waals surface area contributed by atoms with Gasteiger partial charge in [-0.2, -0.15) is 15.0 Å². The summed E-state index contributed by atoms with van der Waals surface area (Å²) >= 11 is 5.92. The molecule has 21 heavy (non-hydrogen) atoms. The zero-order chi connectivity index (χ0) is 15.2. The van der Waals surface area contributed by atoms with E-state index < -0.39 is 0 Å². The molecule has 2 rings (SSSR count). The molecule has 2 aromatic rings.